The Morgan fingerprint density at radius 3 is 2.88 bits per heavy atom. The molecule has 2 nitrogen and oxygen atoms in total. The van der Waals surface area contributed by atoms with Gasteiger partial charge in [-0.2, -0.15) is 0 Å². The van der Waals surface area contributed by atoms with Crippen molar-refractivity contribution >= 4 is 0 Å². The maximum absolute atomic E-state index is 3.92. The molecule has 2 heteroatoms. The summed E-state index contributed by atoms with van der Waals surface area (Å²) in [5.41, 5.74) is 3.92. The fraction of sp³-hybridized carbons (Fsp3) is 0.667. The number of quaternary nitrogens is 1. The van der Waals surface area contributed by atoms with E-state index in [4.69, 9.17) is 0 Å². The minimum absolute atomic E-state index is 0.547. The van der Waals surface area contributed by atoms with Gasteiger partial charge in [0.05, 0.1) is 0 Å². The molecule has 0 aliphatic carbocycles. The molecule has 1 heterocycles. The van der Waals surface area contributed by atoms with Crippen LogP contribution in [0.4, 0.5) is 0 Å². The van der Waals surface area contributed by atoms with E-state index in [0.717, 1.165) is 6.54 Å². The first-order valence-electron chi connectivity index (χ1n) is 3.00. The van der Waals surface area contributed by atoms with Crippen LogP contribution in [0.3, 0.4) is 0 Å². The normalized spacial score (nSPS) is 28.8. The zero-order chi connectivity index (χ0) is 5.98. The standard InChI is InChI=1S/C6H12N2/c1-8-4-2-6(7)3-5-8/h2,4,6H,3,5,7H2,1H3/p+1. The Balaban J connectivity index is 2.42. The maximum atomic E-state index is 3.92. The van der Waals surface area contributed by atoms with Gasteiger partial charge in [0.15, 0.2) is 0 Å². The third-order valence-corrected chi connectivity index (χ3v) is 1.47. The van der Waals surface area contributed by atoms with Gasteiger partial charge in [-0.15, -0.1) is 0 Å². The van der Waals surface area contributed by atoms with Crippen molar-refractivity contribution in [2.75, 3.05) is 13.6 Å². The molecule has 0 fully saturated rings. The maximum Gasteiger partial charge on any atom is 0.106 e. The monoisotopic (exact) mass is 113 g/mol. The average molecular weight is 113 g/mol. The molecule has 0 saturated heterocycles. The smallest absolute Gasteiger partial charge is 0.106 e. The highest BCUT2D eigenvalue weighted by Crippen LogP contribution is 1.99. The van der Waals surface area contributed by atoms with Crippen molar-refractivity contribution in [3.8, 4) is 0 Å². The predicted octanol–water partition coefficient (Wildman–Crippen LogP) is -0.554. The number of hydrogen-bond acceptors (Lipinski definition) is 1. The molecule has 1 atom stereocenters. The summed E-state index contributed by atoms with van der Waals surface area (Å²) in [7, 11) is 2.09. The van der Waals surface area contributed by atoms with E-state index < -0.39 is 0 Å². The van der Waals surface area contributed by atoms with Crippen LogP contribution < -0.4 is 5.73 Å². The molecular weight excluding hydrogens is 100 g/mol. The van der Waals surface area contributed by atoms with Crippen LogP contribution in [-0.4, -0.2) is 24.5 Å². The largest absolute Gasteiger partial charge is 0.380 e. The third kappa shape index (κ3) is 1.23. The van der Waals surface area contributed by atoms with E-state index in [1.807, 2.05) is 0 Å². The molecule has 1 aliphatic heterocycles. The number of nitrogens with zero attached hydrogens (tertiary/aromatic N) is 1. The topological polar surface area (TPSA) is 30.9 Å². The Kier molecular flexibility index (Phi) is 1.53. The van der Waals surface area contributed by atoms with E-state index in [0.29, 0.717) is 6.04 Å². The molecule has 0 aromatic carbocycles. The van der Waals surface area contributed by atoms with Gasteiger partial charge in [0.1, 0.15) is 6.04 Å². The molecule has 0 aromatic rings. The van der Waals surface area contributed by atoms with E-state index >= 15 is 0 Å². The number of hydrogen-bond donors (Lipinski definition) is 1. The van der Waals surface area contributed by atoms with Crippen LogP contribution in [0.2, 0.25) is 0 Å². The summed E-state index contributed by atoms with van der Waals surface area (Å²) in [5.74, 6) is 0. The second-order valence-corrected chi connectivity index (χ2v) is 2.37. The molecule has 0 bridgehead atoms. The lowest BCUT2D eigenvalue weighted by Crippen LogP contribution is -2.61. The quantitative estimate of drug-likeness (QED) is 0.449. The summed E-state index contributed by atoms with van der Waals surface area (Å²) >= 11 is 0. The van der Waals surface area contributed by atoms with Gasteiger partial charge in [0.25, 0.3) is 0 Å². The van der Waals surface area contributed by atoms with E-state index in [-0.39, 0.29) is 0 Å². The summed E-state index contributed by atoms with van der Waals surface area (Å²) in [5, 5.41) is 0. The summed E-state index contributed by atoms with van der Waals surface area (Å²) in [6, 6.07) is 0.547. The van der Waals surface area contributed by atoms with Crippen molar-refractivity contribution in [1.29, 1.82) is 0 Å². The second-order valence-electron chi connectivity index (χ2n) is 2.37. The van der Waals surface area contributed by atoms with Crippen LogP contribution in [-0.2, 0) is 0 Å². The summed E-state index contributed by atoms with van der Waals surface area (Å²) in [6.45, 7) is 1.16. The van der Waals surface area contributed by atoms with Gasteiger partial charge in [0, 0.05) is 26.2 Å². The molecular formula is C6H13N2+. The fourth-order valence-corrected chi connectivity index (χ4v) is 0.809. The lowest BCUT2D eigenvalue weighted by molar-refractivity contribution is -0.405. The minimum atomic E-state index is 0.547. The molecule has 0 amide bonds. The van der Waals surface area contributed by atoms with Crippen LogP contribution in [0.25, 0.3) is 0 Å². The zero-order valence-electron chi connectivity index (χ0n) is 5.30. The van der Waals surface area contributed by atoms with Crippen LogP contribution in [0.1, 0.15) is 6.42 Å². The first-order chi connectivity index (χ1) is 3.79. The van der Waals surface area contributed by atoms with Gasteiger partial charge in [0.2, 0.25) is 0 Å². The van der Waals surface area contributed by atoms with Crippen molar-refractivity contribution in [3.63, 3.8) is 0 Å². The first-order valence-corrected chi connectivity index (χ1v) is 3.00. The zero-order valence-corrected chi connectivity index (χ0v) is 5.30. The van der Waals surface area contributed by atoms with Crippen molar-refractivity contribution in [2.24, 2.45) is 0 Å². The molecule has 0 spiro atoms. The van der Waals surface area contributed by atoms with Crippen molar-refractivity contribution in [2.45, 2.75) is 12.5 Å². The average Bonchev–Trinajstić information content (AvgIpc) is 1.77. The third-order valence-electron chi connectivity index (χ3n) is 1.47. The molecule has 3 N–H and O–H groups in total. The summed E-state index contributed by atoms with van der Waals surface area (Å²) in [4.78, 5) is 2.18. The van der Waals surface area contributed by atoms with E-state index in [9.17, 15) is 0 Å². The highest BCUT2D eigenvalue weighted by molar-refractivity contribution is 4.91. The van der Waals surface area contributed by atoms with Gasteiger partial charge in [-0.1, -0.05) is 0 Å². The Bertz CT molecular complexity index is 86.7. The molecule has 1 unspecified atom stereocenters. The first kappa shape index (κ1) is 5.63. The van der Waals surface area contributed by atoms with Crippen LogP contribution >= 0.6 is 0 Å². The lowest BCUT2D eigenvalue weighted by atomic mass is 10.2. The fourth-order valence-electron chi connectivity index (χ4n) is 0.809. The number of rotatable bonds is 0. The van der Waals surface area contributed by atoms with E-state index in [1.54, 1.807) is 0 Å². The van der Waals surface area contributed by atoms with Crippen molar-refractivity contribution in [3.05, 3.63) is 12.3 Å². The SMILES string of the molecule is CN1C=CC([NH3+])CC1. The highest BCUT2D eigenvalue weighted by Gasteiger charge is 2.06. The van der Waals surface area contributed by atoms with Gasteiger partial charge < -0.3 is 10.6 Å². The Labute approximate surface area is 50.0 Å². The molecule has 8 heavy (non-hydrogen) atoms. The molecule has 1 rings (SSSR count). The van der Waals surface area contributed by atoms with Crippen LogP contribution in [0.15, 0.2) is 12.3 Å². The van der Waals surface area contributed by atoms with Crippen LogP contribution in [0, 0.1) is 0 Å². The van der Waals surface area contributed by atoms with Gasteiger partial charge in [-0.3, -0.25) is 0 Å². The van der Waals surface area contributed by atoms with E-state index in [1.165, 1.54) is 6.42 Å². The second kappa shape index (κ2) is 2.18. The molecule has 0 aromatic heterocycles. The van der Waals surface area contributed by atoms with E-state index in [2.05, 4.69) is 30.0 Å². The van der Waals surface area contributed by atoms with Crippen molar-refractivity contribution < 1.29 is 5.73 Å². The van der Waals surface area contributed by atoms with Crippen LogP contribution in [0.5, 0.6) is 0 Å². The highest BCUT2D eigenvalue weighted by atomic mass is 15.1. The molecule has 46 valence electrons. The molecule has 0 radical (unpaired) electrons. The Morgan fingerprint density at radius 2 is 2.50 bits per heavy atom. The van der Waals surface area contributed by atoms with Crippen molar-refractivity contribution in [1.82, 2.24) is 4.90 Å². The van der Waals surface area contributed by atoms with Gasteiger partial charge >= 0.3 is 0 Å². The summed E-state index contributed by atoms with van der Waals surface area (Å²) in [6.07, 6.45) is 5.44. The molecule has 0 saturated carbocycles. The Hall–Kier alpha value is -0.500. The Morgan fingerprint density at radius 1 is 1.75 bits per heavy atom. The molecule has 1 aliphatic rings. The summed E-state index contributed by atoms with van der Waals surface area (Å²) < 4.78 is 0. The minimum Gasteiger partial charge on any atom is -0.380 e. The lowest BCUT2D eigenvalue weighted by Gasteiger charge is -2.19. The predicted molar refractivity (Wildman–Crippen MR) is 33.1 cm³/mol. The van der Waals surface area contributed by atoms with Gasteiger partial charge in [-0.25, -0.2) is 0 Å². The van der Waals surface area contributed by atoms with Gasteiger partial charge in [-0.05, 0) is 6.08 Å².